The molecule has 0 bridgehead atoms. The third-order valence-electron chi connectivity index (χ3n) is 10.5. The van der Waals surface area contributed by atoms with Crippen LogP contribution in [0.3, 0.4) is 0 Å². The van der Waals surface area contributed by atoms with Crippen molar-refractivity contribution in [3.63, 3.8) is 0 Å². The number of aryl methyl sites for hydroxylation is 1. The van der Waals surface area contributed by atoms with Crippen LogP contribution >= 0.6 is 0 Å². The third-order valence-corrected chi connectivity index (χ3v) is 10.5. The Bertz CT molecular complexity index is 2470. The van der Waals surface area contributed by atoms with E-state index in [2.05, 4.69) is 157 Å². The van der Waals surface area contributed by atoms with Gasteiger partial charge in [-0.3, -0.25) is 0 Å². The van der Waals surface area contributed by atoms with E-state index >= 15 is 0 Å². The molecule has 0 saturated heterocycles. The lowest BCUT2D eigenvalue weighted by Crippen LogP contribution is -2.23. The van der Waals surface area contributed by atoms with Crippen molar-refractivity contribution in [1.82, 2.24) is 0 Å². The van der Waals surface area contributed by atoms with Crippen molar-refractivity contribution in [2.75, 3.05) is 4.90 Å². The fraction of sp³-hybridized carbons (Fsp3) is 0.0667. The Labute approximate surface area is 274 Å². The highest BCUT2D eigenvalue weighted by molar-refractivity contribution is 6.13. The predicted molar refractivity (Wildman–Crippen MR) is 194 cm³/mol. The molecule has 2 aliphatic rings. The molecule has 1 heterocycles. The number of hydrogen-bond donors (Lipinski definition) is 0. The Balaban J connectivity index is 1.10. The molecule has 1 unspecified atom stereocenters. The second-order valence-electron chi connectivity index (χ2n) is 12.8. The van der Waals surface area contributed by atoms with Crippen molar-refractivity contribution in [1.29, 1.82) is 0 Å². The zero-order valence-electron chi connectivity index (χ0n) is 25.9. The largest absolute Gasteiger partial charge is 0.456 e. The van der Waals surface area contributed by atoms with E-state index in [1.54, 1.807) is 0 Å². The van der Waals surface area contributed by atoms with Crippen molar-refractivity contribution >= 4 is 39.0 Å². The zero-order chi connectivity index (χ0) is 31.0. The number of furan rings is 1. The highest BCUT2D eigenvalue weighted by atomic mass is 16.3. The van der Waals surface area contributed by atoms with E-state index < -0.39 is 0 Å². The van der Waals surface area contributed by atoms with Crippen molar-refractivity contribution in [2.45, 2.75) is 18.3 Å². The van der Waals surface area contributed by atoms with Gasteiger partial charge in [0.15, 0.2) is 0 Å². The lowest BCUT2D eigenvalue weighted by atomic mass is 9.73. The molecule has 0 saturated carbocycles. The van der Waals surface area contributed by atoms with Crippen LogP contribution in [0.25, 0.3) is 44.2 Å². The van der Waals surface area contributed by atoms with Crippen LogP contribution < -0.4 is 4.90 Å². The second kappa shape index (κ2) is 10.1. The molecule has 2 heteroatoms. The summed E-state index contributed by atoms with van der Waals surface area (Å²) >= 11 is 0. The molecule has 1 aromatic heterocycles. The van der Waals surface area contributed by atoms with Gasteiger partial charge < -0.3 is 9.32 Å². The number of fused-ring (bicyclic) bond motifs is 10. The van der Waals surface area contributed by atoms with Gasteiger partial charge >= 0.3 is 0 Å². The van der Waals surface area contributed by atoms with Crippen molar-refractivity contribution in [3.05, 3.63) is 186 Å². The van der Waals surface area contributed by atoms with Gasteiger partial charge in [0.25, 0.3) is 0 Å². The first-order valence-corrected chi connectivity index (χ1v) is 16.5. The van der Waals surface area contributed by atoms with Gasteiger partial charge in [0.05, 0.1) is 11.1 Å². The van der Waals surface area contributed by atoms with E-state index in [1.165, 1.54) is 44.5 Å². The first-order chi connectivity index (χ1) is 23.3. The Morgan fingerprint density at radius 1 is 0.489 bits per heavy atom. The Hall–Kier alpha value is -5.86. The predicted octanol–water partition coefficient (Wildman–Crippen LogP) is 12.0. The topological polar surface area (TPSA) is 16.4 Å². The quantitative estimate of drug-likeness (QED) is 0.199. The summed E-state index contributed by atoms with van der Waals surface area (Å²) in [5.74, 6) is 0. The van der Waals surface area contributed by atoms with Crippen molar-refractivity contribution in [3.8, 4) is 22.3 Å². The van der Waals surface area contributed by atoms with Gasteiger partial charge in [-0.25, -0.2) is 0 Å². The van der Waals surface area contributed by atoms with Gasteiger partial charge in [0.1, 0.15) is 11.2 Å². The second-order valence-corrected chi connectivity index (χ2v) is 12.8. The van der Waals surface area contributed by atoms with Crippen LogP contribution in [0.4, 0.5) is 17.1 Å². The molecule has 2 aliphatic carbocycles. The molecule has 1 spiro atoms. The van der Waals surface area contributed by atoms with Crippen molar-refractivity contribution < 1.29 is 4.42 Å². The van der Waals surface area contributed by atoms with Crippen molar-refractivity contribution in [2.24, 2.45) is 0 Å². The Kier molecular flexibility index (Phi) is 5.65. The number of anilines is 3. The molecule has 0 radical (unpaired) electrons. The molecule has 0 N–H and O–H groups in total. The molecule has 0 fully saturated rings. The van der Waals surface area contributed by atoms with Crippen LogP contribution in [-0.4, -0.2) is 0 Å². The van der Waals surface area contributed by atoms with E-state index in [0.717, 1.165) is 51.8 Å². The minimum Gasteiger partial charge on any atom is -0.456 e. The normalized spacial score (nSPS) is 16.0. The van der Waals surface area contributed by atoms with E-state index in [0.29, 0.717) is 0 Å². The van der Waals surface area contributed by atoms with Crippen LogP contribution in [0.15, 0.2) is 168 Å². The highest BCUT2D eigenvalue weighted by Crippen LogP contribution is 2.58. The summed E-state index contributed by atoms with van der Waals surface area (Å²) in [6.45, 7) is 0. The average Bonchev–Trinajstić information content (AvgIpc) is 3.80. The first kappa shape index (κ1) is 26.4. The standard InChI is InChI=1S/C45H31NO/c1-2-12-33(13-3-1)46(41-18-10-20-43-44(41)37-15-6-9-19-42(37)47-43)34-24-21-30(22-25-34)32-23-26-36-35-14-5-8-17-39(35)45(40(36)29-32)28-27-31-11-4-7-16-38(31)45/h1-26,29H,27-28H2. The minimum absolute atomic E-state index is 0.0887. The maximum atomic E-state index is 6.29. The van der Waals surface area contributed by atoms with Gasteiger partial charge in [-0.1, -0.05) is 115 Å². The van der Waals surface area contributed by atoms with Crippen LogP contribution in [-0.2, 0) is 11.8 Å². The van der Waals surface area contributed by atoms with Crippen LogP contribution in [0.5, 0.6) is 0 Å². The summed E-state index contributed by atoms with van der Waals surface area (Å²) < 4.78 is 6.29. The number of para-hydroxylation sites is 2. The molecular formula is C45H31NO. The maximum Gasteiger partial charge on any atom is 0.137 e. The summed E-state index contributed by atoms with van der Waals surface area (Å²) in [7, 11) is 0. The van der Waals surface area contributed by atoms with E-state index in [9.17, 15) is 0 Å². The van der Waals surface area contributed by atoms with E-state index in [-0.39, 0.29) is 5.41 Å². The van der Waals surface area contributed by atoms with Gasteiger partial charge in [0.2, 0.25) is 0 Å². The SMILES string of the molecule is c1ccc(N(c2ccc(-c3ccc4c(c3)C3(CCc5ccccc53)c3ccccc3-4)cc2)c2cccc3oc4ccccc4c23)cc1. The Morgan fingerprint density at radius 3 is 2.06 bits per heavy atom. The summed E-state index contributed by atoms with van der Waals surface area (Å²) in [5, 5.41) is 2.24. The zero-order valence-corrected chi connectivity index (χ0v) is 25.9. The molecule has 1 atom stereocenters. The Morgan fingerprint density at radius 2 is 1.17 bits per heavy atom. The molecular weight excluding hydrogens is 571 g/mol. The smallest absolute Gasteiger partial charge is 0.137 e. The lowest BCUT2D eigenvalue weighted by Gasteiger charge is -2.29. The molecule has 10 rings (SSSR count). The summed E-state index contributed by atoms with van der Waals surface area (Å²) in [6.07, 6.45) is 2.22. The molecule has 0 amide bonds. The number of hydrogen-bond acceptors (Lipinski definition) is 2. The fourth-order valence-electron chi connectivity index (χ4n) is 8.47. The molecule has 0 aliphatic heterocycles. The summed E-state index contributed by atoms with van der Waals surface area (Å²) in [6, 6.07) is 59.6. The molecule has 2 nitrogen and oxygen atoms in total. The van der Waals surface area contributed by atoms with Crippen LogP contribution in [0.2, 0.25) is 0 Å². The van der Waals surface area contributed by atoms with Crippen LogP contribution in [0, 0.1) is 0 Å². The molecule has 7 aromatic carbocycles. The summed E-state index contributed by atoms with van der Waals surface area (Å²) in [5.41, 5.74) is 16.1. The molecule has 8 aromatic rings. The third kappa shape index (κ3) is 3.79. The monoisotopic (exact) mass is 601 g/mol. The van der Waals surface area contributed by atoms with Gasteiger partial charge in [-0.05, 0) is 106 Å². The van der Waals surface area contributed by atoms with E-state index in [1.807, 2.05) is 12.1 Å². The van der Waals surface area contributed by atoms with E-state index in [4.69, 9.17) is 4.42 Å². The minimum atomic E-state index is -0.0887. The average molecular weight is 602 g/mol. The first-order valence-electron chi connectivity index (χ1n) is 16.5. The van der Waals surface area contributed by atoms with Crippen LogP contribution in [0.1, 0.15) is 28.7 Å². The number of benzene rings is 7. The van der Waals surface area contributed by atoms with Gasteiger partial charge in [-0.2, -0.15) is 0 Å². The van der Waals surface area contributed by atoms with Gasteiger partial charge in [-0.15, -0.1) is 0 Å². The lowest BCUT2D eigenvalue weighted by molar-refractivity contribution is 0.626. The molecule has 222 valence electrons. The van der Waals surface area contributed by atoms with Gasteiger partial charge in [0, 0.05) is 22.2 Å². The fourth-order valence-corrected chi connectivity index (χ4v) is 8.47. The molecule has 47 heavy (non-hydrogen) atoms. The maximum absolute atomic E-state index is 6.29. The highest BCUT2D eigenvalue weighted by Gasteiger charge is 2.48. The number of rotatable bonds is 4. The summed E-state index contributed by atoms with van der Waals surface area (Å²) in [4.78, 5) is 2.35. The number of nitrogens with zero attached hydrogens (tertiary/aromatic N) is 1.